The van der Waals surface area contributed by atoms with Crippen molar-refractivity contribution in [1.29, 1.82) is 0 Å². The van der Waals surface area contributed by atoms with E-state index < -0.39 is 0 Å². The summed E-state index contributed by atoms with van der Waals surface area (Å²) < 4.78 is 1.68. The lowest BCUT2D eigenvalue weighted by atomic mass is 10.3. The predicted molar refractivity (Wildman–Crippen MR) is 69.2 cm³/mol. The third-order valence-electron chi connectivity index (χ3n) is 2.70. The van der Waals surface area contributed by atoms with Crippen molar-refractivity contribution in [3.8, 4) is 5.82 Å². The number of amidine groups is 1. The molecule has 3 aromatic rings. The first-order valence-electron chi connectivity index (χ1n) is 5.52. The molecule has 0 bridgehead atoms. The van der Waals surface area contributed by atoms with Gasteiger partial charge in [0.05, 0.1) is 24.1 Å². The van der Waals surface area contributed by atoms with Crippen LogP contribution in [0.1, 0.15) is 5.69 Å². The van der Waals surface area contributed by atoms with Crippen LogP contribution in [-0.2, 0) is 0 Å². The van der Waals surface area contributed by atoms with Crippen molar-refractivity contribution < 1.29 is 5.21 Å². The van der Waals surface area contributed by atoms with Gasteiger partial charge in [-0.25, -0.2) is 14.6 Å². The summed E-state index contributed by atoms with van der Waals surface area (Å²) in [6.07, 6.45) is 4.71. The number of nitrogens with zero attached hydrogens (tertiary/aromatic N) is 5. The normalized spacial score (nSPS) is 11.9. The van der Waals surface area contributed by atoms with E-state index in [9.17, 15) is 0 Å². The average Bonchev–Trinajstić information content (AvgIpc) is 2.90. The van der Waals surface area contributed by atoms with Crippen LogP contribution < -0.4 is 5.73 Å². The molecule has 0 saturated heterocycles. The second-order valence-corrected chi connectivity index (χ2v) is 3.86. The smallest absolute Gasteiger partial charge is 0.190 e. The van der Waals surface area contributed by atoms with Crippen molar-refractivity contribution in [2.75, 3.05) is 0 Å². The third-order valence-corrected chi connectivity index (χ3v) is 2.70. The molecule has 0 unspecified atom stereocenters. The molecule has 2 heterocycles. The molecule has 0 amide bonds. The Bertz CT molecular complexity index is 746. The van der Waals surface area contributed by atoms with Gasteiger partial charge in [0.15, 0.2) is 11.7 Å². The molecular weight excluding hydrogens is 244 g/mol. The molecular formula is C12H10N6O. The SMILES string of the molecule is NC(=NO)c1cnc(-n2ncc3ccccc32)cn1. The first kappa shape index (κ1) is 11.1. The van der Waals surface area contributed by atoms with Crippen molar-refractivity contribution in [1.82, 2.24) is 19.7 Å². The zero-order valence-corrected chi connectivity index (χ0v) is 9.80. The van der Waals surface area contributed by atoms with Gasteiger partial charge in [0.1, 0.15) is 5.69 Å². The lowest BCUT2D eigenvalue weighted by Gasteiger charge is -2.03. The Morgan fingerprint density at radius 1 is 1.16 bits per heavy atom. The van der Waals surface area contributed by atoms with E-state index in [0.29, 0.717) is 11.5 Å². The predicted octanol–water partition coefficient (Wildman–Crippen LogP) is 0.910. The van der Waals surface area contributed by atoms with Crippen LogP contribution in [0.4, 0.5) is 0 Å². The molecule has 0 aliphatic carbocycles. The number of hydrogen-bond donors (Lipinski definition) is 2. The Labute approximate surface area is 108 Å². The molecule has 0 spiro atoms. The second kappa shape index (κ2) is 4.37. The summed E-state index contributed by atoms with van der Waals surface area (Å²) in [5, 5.41) is 16.7. The van der Waals surface area contributed by atoms with E-state index in [4.69, 9.17) is 10.9 Å². The van der Waals surface area contributed by atoms with E-state index in [-0.39, 0.29) is 5.84 Å². The van der Waals surface area contributed by atoms with E-state index >= 15 is 0 Å². The molecule has 0 aliphatic heterocycles. The van der Waals surface area contributed by atoms with E-state index in [1.54, 1.807) is 10.9 Å². The molecule has 7 nitrogen and oxygen atoms in total. The highest BCUT2D eigenvalue weighted by Crippen LogP contribution is 2.15. The monoisotopic (exact) mass is 254 g/mol. The van der Waals surface area contributed by atoms with E-state index in [2.05, 4.69) is 20.2 Å². The summed E-state index contributed by atoms with van der Waals surface area (Å²) in [4.78, 5) is 8.28. The van der Waals surface area contributed by atoms with Crippen LogP contribution in [0, 0.1) is 0 Å². The second-order valence-electron chi connectivity index (χ2n) is 3.86. The van der Waals surface area contributed by atoms with E-state index in [1.807, 2.05) is 24.3 Å². The van der Waals surface area contributed by atoms with Crippen LogP contribution in [0.2, 0.25) is 0 Å². The topological polar surface area (TPSA) is 102 Å². The van der Waals surface area contributed by atoms with Crippen molar-refractivity contribution in [3.63, 3.8) is 0 Å². The Morgan fingerprint density at radius 2 is 2.00 bits per heavy atom. The van der Waals surface area contributed by atoms with Gasteiger partial charge in [0, 0.05) is 5.39 Å². The zero-order chi connectivity index (χ0) is 13.2. The van der Waals surface area contributed by atoms with Gasteiger partial charge < -0.3 is 10.9 Å². The quantitative estimate of drug-likeness (QED) is 0.306. The zero-order valence-electron chi connectivity index (χ0n) is 9.80. The van der Waals surface area contributed by atoms with Gasteiger partial charge in [-0.3, -0.25) is 0 Å². The van der Waals surface area contributed by atoms with Gasteiger partial charge in [-0.15, -0.1) is 0 Å². The minimum Gasteiger partial charge on any atom is -0.409 e. The number of para-hydroxylation sites is 1. The van der Waals surface area contributed by atoms with Crippen molar-refractivity contribution in [3.05, 3.63) is 48.5 Å². The Hall–Kier alpha value is -2.96. The Balaban J connectivity index is 2.07. The fourth-order valence-electron chi connectivity index (χ4n) is 1.77. The first-order chi connectivity index (χ1) is 9.29. The summed E-state index contributed by atoms with van der Waals surface area (Å²) in [6, 6.07) is 7.79. The Kier molecular flexibility index (Phi) is 2.57. The largest absolute Gasteiger partial charge is 0.409 e. The maximum absolute atomic E-state index is 8.56. The van der Waals surface area contributed by atoms with Gasteiger partial charge in [0.2, 0.25) is 0 Å². The highest BCUT2D eigenvalue weighted by atomic mass is 16.4. The number of oxime groups is 1. The van der Waals surface area contributed by atoms with Crippen LogP contribution in [0.25, 0.3) is 16.7 Å². The number of benzene rings is 1. The van der Waals surface area contributed by atoms with E-state index in [0.717, 1.165) is 10.9 Å². The number of fused-ring (bicyclic) bond motifs is 1. The molecule has 0 fully saturated rings. The highest BCUT2D eigenvalue weighted by molar-refractivity contribution is 5.94. The summed E-state index contributed by atoms with van der Waals surface area (Å²) >= 11 is 0. The van der Waals surface area contributed by atoms with E-state index in [1.165, 1.54) is 12.4 Å². The molecule has 3 N–H and O–H groups in total. The lowest BCUT2D eigenvalue weighted by Crippen LogP contribution is -2.15. The van der Waals surface area contributed by atoms with Gasteiger partial charge in [0.25, 0.3) is 0 Å². The molecule has 0 radical (unpaired) electrons. The lowest BCUT2D eigenvalue weighted by molar-refractivity contribution is 0.318. The minimum atomic E-state index is -0.0793. The van der Waals surface area contributed by atoms with Crippen molar-refractivity contribution in [2.24, 2.45) is 10.9 Å². The molecule has 3 rings (SSSR count). The van der Waals surface area contributed by atoms with Crippen LogP contribution >= 0.6 is 0 Å². The van der Waals surface area contributed by atoms with Gasteiger partial charge >= 0.3 is 0 Å². The van der Waals surface area contributed by atoms with Crippen molar-refractivity contribution in [2.45, 2.75) is 0 Å². The molecule has 0 atom stereocenters. The summed E-state index contributed by atoms with van der Waals surface area (Å²) in [6.45, 7) is 0. The fourth-order valence-corrected chi connectivity index (χ4v) is 1.77. The number of rotatable bonds is 2. The standard InChI is InChI=1S/C12H10N6O/c13-12(17-19)9-6-15-11(7-14-9)18-10-4-2-1-3-8(10)5-16-18/h1-7,19H,(H2,13,17). The molecule has 19 heavy (non-hydrogen) atoms. The number of hydrogen-bond acceptors (Lipinski definition) is 5. The Morgan fingerprint density at radius 3 is 2.74 bits per heavy atom. The fraction of sp³-hybridized carbons (Fsp3) is 0. The summed E-state index contributed by atoms with van der Waals surface area (Å²) in [5.74, 6) is 0.486. The van der Waals surface area contributed by atoms with Crippen LogP contribution in [0.5, 0.6) is 0 Å². The summed E-state index contributed by atoms with van der Waals surface area (Å²) in [7, 11) is 0. The maximum Gasteiger partial charge on any atom is 0.190 e. The van der Waals surface area contributed by atoms with Crippen LogP contribution in [-0.4, -0.2) is 30.8 Å². The molecule has 0 aliphatic rings. The van der Waals surface area contributed by atoms with Crippen molar-refractivity contribution >= 4 is 16.7 Å². The van der Waals surface area contributed by atoms with Crippen LogP contribution in [0.3, 0.4) is 0 Å². The van der Waals surface area contributed by atoms with Gasteiger partial charge in [-0.1, -0.05) is 23.4 Å². The third kappa shape index (κ3) is 1.86. The minimum absolute atomic E-state index is 0.0793. The van der Waals surface area contributed by atoms with Gasteiger partial charge in [-0.2, -0.15) is 5.10 Å². The first-order valence-corrected chi connectivity index (χ1v) is 5.52. The molecule has 0 saturated carbocycles. The number of nitrogens with two attached hydrogens (primary N) is 1. The molecule has 2 aromatic heterocycles. The molecule has 7 heteroatoms. The maximum atomic E-state index is 8.56. The number of aromatic nitrogens is 4. The van der Waals surface area contributed by atoms with Crippen LogP contribution in [0.15, 0.2) is 48.0 Å². The molecule has 94 valence electrons. The molecule has 1 aromatic carbocycles. The average molecular weight is 254 g/mol. The summed E-state index contributed by atoms with van der Waals surface area (Å²) in [5.41, 5.74) is 6.67. The highest BCUT2D eigenvalue weighted by Gasteiger charge is 2.07. The van der Waals surface area contributed by atoms with Gasteiger partial charge in [-0.05, 0) is 6.07 Å².